The van der Waals surface area contributed by atoms with Gasteiger partial charge in [-0.3, -0.25) is 4.79 Å². The van der Waals surface area contributed by atoms with E-state index in [1.807, 2.05) is 0 Å². The number of carbonyl (C=O) groups is 1. The van der Waals surface area contributed by atoms with Crippen LogP contribution in [0.15, 0.2) is 0 Å². The van der Waals surface area contributed by atoms with E-state index in [0.717, 1.165) is 11.5 Å². The number of amides is 1. The molecule has 0 saturated heterocycles. The number of hydrogen-bond donors (Lipinski definition) is 2. The molecular formula is C11H16F3N3O2S. The molecule has 0 saturated carbocycles. The third-order valence-electron chi connectivity index (χ3n) is 2.33. The van der Waals surface area contributed by atoms with Crippen LogP contribution in [0, 0.1) is 6.92 Å². The summed E-state index contributed by atoms with van der Waals surface area (Å²) in [5.41, 5.74) is 0.973. The normalized spacial score (nSPS) is 13.1. The molecule has 1 amide bonds. The summed E-state index contributed by atoms with van der Waals surface area (Å²) >= 11 is 1.15. The number of carbonyl (C=O) groups excluding carboxylic acids is 1. The van der Waals surface area contributed by atoms with Gasteiger partial charge >= 0.3 is 6.18 Å². The molecule has 0 radical (unpaired) electrons. The monoisotopic (exact) mass is 311 g/mol. The first-order valence-corrected chi connectivity index (χ1v) is 6.61. The lowest BCUT2D eigenvalue weighted by Gasteiger charge is -2.15. The smallest absolute Gasteiger partial charge is 0.378 e. The van der Waals surface area contributed by atoms with Crippen molar-refractivity contribution >= 4 is 22.4 Å². The second kappa shape index (κ2) is 6.89. The molecule has 1 aromatic rings. The molecule has 20 heavy (non-hydrogen) atoms. The van der Waals surface area contributed by atoms with Crippen molar-refractivity contribution in [2.24, 2.45) is 0 Å². The SMILES string of the molecule is CNc1snc(C)c1C(=O)N[C@H](C)COCC(F)(F)F. The van der Waals surface area contributed by atoms with Gasteiger partial charge in [-0.25, -0.2) is 0 Å². The molecule has 2 N–H and O–H groups in total. The van der Waals surface area contributed by atoms with E-state index < -0.39 is 18.8 Å². The van der Waals surface area contributed by atoms with Crippen LogP contribution in [-0.2, 0) is 4.74 Å². The molecule has 114 valence electrons. The molecule has 0 aliphatic carbocycles. The molecule has 1 rings (SSSR count). The average Bonchev–Trinajstić information content (AvgIpc) is 2.68. The number of aromatic nitrogens is 1. The van der Waals surface area contributed by atoms with E-state index in [-0.39, 0.29) is 12.5 Å². The van der Waals surface area contributed by atoms with Gasteiger partial charge in [-0.2, -0.15) is 17.5 Å². The molecule has 0 unspecified atom stereocenters. The van der Waals surface area contributed by atoms with Crippen LogP contribution in [0.3, 0.4) is 0 Å². The summed E-state index contributed by atoms with van der Waals surface area (Å²) in [7, 11) is 1.67. The molecule has 9 heteroatoms. The standard InChI is InChI=1S/C11H16F3N3O2S/c1-6(4-19-5-11(12,13)14)16-9(18)8-7(2)17-20-10(8)15-3/h6,15H,4-5H2,1-3H3,(H,16,18)/t6-/m1/s1. The van der Waals surface area contributed by atoms with Gasteiger partial charge in [0.1, 0.15) is 11.6 Å². The highest BCUT2D eigenvalue weighted by Gasteiger charge is 2.28. The third kappa shape index (κ3) is 4.97. The van der Waals surface area contributed by atoms with E-state index in [1.54, 1.807) is 20.9 Å². The van der Waals surface area contributed by atoms with Crippen molar-refractivity contribution in [3.63, 3.8) is 0 Å². The van der Waals surface area contributed by atoms with Crippen LogP contribution in [0.5, 0.6) is 0 Å². The zero-order chi connectivity index (χ0) is 15.3. The van der Waals surface area contributed by atoms with Crippen LogP contribution in [0.4, 0.5) is 18.2 Å². The maximum absolute atomic E-state index is 12.0. The summed E-state index contributed by atoms with van der Waals surface area (Å²) in [5.74, 6) is -0.385. The Hall–Kier alpha value is -1.35. The highest BCUT2D eigenvalue weighted by Crippen LogP contribution is 2.23. The summed E-state index contributed by atoms with van der Waals surface area (Å²) < 4.78 is 44.3. The topological polar surface area (TPSA) is 63.2 Å². The summed E-state index contributed by atoms with van der Waals surface area (Å²) in [5, 5.41) is 6.04. The molecule has 5 nitrogen and oxygen atoms in total. The van der Waals surface area contributed by atoms with Gasteiger partial charge in [-0.05, 0) is 25.4 Å². The molecule has 1 atom stereocenters. The van der Waals surface area contributed by atoms with Crippen LogP contribution in [0.2, 0.25) is 0 Å². The van der Waals surface area contributed by atoms with Gasteiger partial charge in [0.25, 0.3) is 5.91 Å². The Balaban J connectivity index is 2.51. The van der Waals surface area contributed by atoms with Gasteiger partial charge in [-0.15, -0.1) is 0 Å². The van der Waals surface area contributed by atoms with Gasteiger partial charge in [0.2, 0.25) is 0 Å². The zero-order valence-corrected chi connectivity index (χ0v) is 12.1. The van der Waals surface area contributed by atoms with Crippen molar-refractivity contribution in [3.05, 3.63) is 11.3 Å². The predicted octanol–water partition coefficient (Wildman–Crippen LogP) is 2.19. The molecule has 1 heterocycles. The van der Waals surface area contributed by atoms with Gasteiger partial charge in [0.05, 0.1) is 17.9 Å². The van der Waals surface area contributed by atoms with Crippen LogP contribution in [-0.4, -0.2) is 42.8 Å². The number of alkyl halides is 3. The number of halogens is 3. The van der Waals surface area contributed by atoms with Crippen molar-refractivity contribution in [1.29, 1.82) is 0 Å². The van der Waals surface area contributed by atoms with Gasteiger partial charge in [0, 0.05) is 13.1 Å². The zero-order valence-electron chi connectivity index (χ0n) is 11.3. The highest BCUT2D eigenvalue weighted by molar-refractivity contribution is 7.10. The van der Waals surface area contributed by atoms with Crippen molar-refractivity contribution in [2.75, 3.05) is 25.6 Å². The van der Waals surface area contributed by atoms with Crippen molar-refractivity contribution in [1.82, 2.24) is 9.69 Å². The quantitative estimate of drug-likeness (QED) is 0.845. The Labute approximate surface area is 118 Å². The molecule has 0 aromatic carbocycles. The average molecular weight is 311 g/mol. The number of nitrogens with zero attached hydrogens (tertiary/aromatic N) is 1. The van der Waals surface area contributed by atoms with Crippen molar-refractivity contribution in [3.8, 4) is 0 Å². The summed E-state index contributed by atoms with van der Waals surface area (Å²) in [4.78, 5) is 12.0. The van der Waals surface area contributed by atoms with E-state index in [2.05, 4.69) is 19.7 Å². The number of ether oxygens (including phenoxy) is 1. The van der Waals surface area contributed by atoms with E-state index in [0.29, 0.717) is 16.3 Å². The molecule has 0 aliphatic rings. The number of rotatable bonds is 6. The Morgan fingerprint density at radius 1 is 1.50 bits per heavy atom. The minimum absolute atomic E-state index is 0.212. The summed E-state index contributed by atoms with van der Waals surface area (Å²) in [6, 6.07) is -0.533. The maximum atomic E-state index is 12.0. The minimum atomic E-state index is -4.36. The van der Waals surface area contributed by atoms with Crippen molar-refractivity contribution < 1.29 is 22.7 Å². The van der Waals surface area contributed by atoms with Crippen LogP contribution in [0.1, 0.15) is 23.0 Å². The fourth-order valence-electron chi connectivity index (χ4n) is 1.50. The Morgan fingerprint density at radius 2 is 2.15 bits per heavy atom. The fraction of sp³-hybridized carbons (Fsp3) is 0.636. The highest BCUT2D eigenvalue weighted by atomic mass is 32.1. The first-order chi connectivity index (χ1) is 9.24. The minimum Gasteiger partial charge on any atom is -0.378 e. The van der Waals surface area contributed by atoms with Crippen LogP contribution in [0.25, 0.3) is 0 Å². The summed E-state index contributed by atoms with van der Waals surface area (Å²) in [6.45, 7) is 1.73. The van der Waals surface area contributed by atoms with Gasteiger partial charge < -0.3 is 15.4 Å². The summed E-state index contributed by atoms with van der Waals surface area (Å²) in [6.07, 6.45) is -4.36. The van der Waals surface area contributed by atoms with Crippen molar-refractivity contribution in [2.45, 2.75) is 26.1 Å². The largest absolute Gasteiger partial charge is 0.411 e. The number of anilines is 1. The lowest BCUT2D eigenvalue weighted by molar-refractivity contribution is -0.174. The second-order valence-electron chi connectivity index (χ2n) is 4.23. The molecule has 0 aliphatic heterocycles. The predicted molar refractivity (Wildman–Crippen MR) is 70.2 cm³/mol. The van der Waals surface area contributed by atoms with E-state index >= 15 is 0 Å². The first-order valence-electron chi connectivity index (χ1n) is 5.84. The lowest BCUT2D eigenvalue weighted by Crippen LogP contribution is -2.37. The Bertz CT molecular complexity index is 462. The lowest BCUT2D eigenvalue weighted by atomic mass is 10.2. The number of aryl methyl sites for hydroxylation is 1. The van der Waals surface area contributed by atoms with E-state index in [4.69, 9.17) is 0 Å². The third-order valence-corrected chi connectivity index (χ3v) is 3.28. The maximum Gasteiger partial charge on any atom is 0.411 e. The molecule has 0 fully saturated rings. The molecule has 0 spiro atoms. The van der Waals surface area contributed by atoms with E-state index in [1.165, 1.54) is 0 Å². The Morgan fingerprint density at radius 3 is 2.70 bits per heavy atom. The molecular weight excluding hydrogens is 295 g/mol. The Kier molecular flexibility index (Phi) is 5.75. The molecule has 1 aromatic heterocycles. The van der Waals surface area contributed by atoms with Crippen LogP contribution >= 0.6 is 11.5 Å². The number of hydrogen-bond acceptors (Lipinski definition) is 5. The van der Waals surface area contributed by atoms with Crippen LogP contribution < -0.4 is 10.6 Å². The fourth-order valence-corrected chi connectivity index (χ4v) is 2.24. The van der Waals surface area contributed by atoms with E-state index in [9.17, 15) is 18.0 Å². The second-order valence-corrected chi connectivity index (χ2v) is 5.00. The van der Waals surface area contributed by atoms with Gasteiger partial charge in [-0.1, -0.05) is 0 Å². The number of nitrogens with one attached hydrogen (secondary N) is 2. The molecule has 0 bridgehead atoms. The first kappa shape index (κ1) is 16.7. The van der Waals surface area contributed by atoms with Gasteiger partial charge in [0.15, 0.2) is 0 Å².